The van der Waals surface area contributed by atoms with E-state index in [0.29, 0.717) is 0 Å². The van der Waals surface area contributed by atoms with Crippen LogP contribution >= 0.6 is 0 Å². The lowest BCUT2D eigenvalue weighted by Crippen LogP contribution is -2.23. The first-order valence-electron chi connectivity index (χ1n) is 6.76. The normalized spacial score (nSPS) is 14.0. The van der Waals surface area contributed by atoms with Crippen LogP contribution in [0.5, 0.6) is 0 Å². The van der Waals surface area contributed by atoms with Gasteiger partial charge in [-0.3, -0.25) is 0 Å². The highest BCUT2D eigenvalue weighted by atomic mass is 32.2. The lowest BCUT2D eigenvalue weighted by atomic mass is 10.4. The summed E-state index contributed by atoms with van der Waals surface area (Å²) in [5.74, 6) is 0. The van der Waals surface area contributed by atoms with Crippen molar-refractivity contribution >= 4 is 19.7 Å². The second-order valence-electron chi connectivity index (χ2n) is 4.77. The third kappa shape index (κ3) is 4.07. The SMILES string of the molecule is O=S(=O)(/C=C/C(CO)S(=O)(=O)c1ccccc1)c1ccccc1. The van der Waals surface area contributed by atoms with Gasteiger partial charge in [-0.05, 0) is 24.3 Å². The molecule has 23 heavy (non-hydrogen) atoms. The average Bonchev–Trinajstić information content (AvgIpc) is 2.57. The molecule has 1 N–H and O–H groups in total. The summed E-state index contributed by atoms with van der Waals surface area (Å²) in [4.78, 5) is 0.0888. The number of aliphatic hydroxyl groups is 1. The number of aliphatic hydroxyl groups excluding tert-OH is 1. The molecule has 2 aromatic carbocycles. The summed E-state index contributed by atoms with van der Waals surface area (Å²) in [6.07, 6.45) is 1.00. The van der Waals surface area contributed by atoms with Gasteiger partial charge >= 0.3 is 0 Å². The van der Waals surface area contributed by atoms with Gasteiger partial charge in [-0.1, -0.05) is 42.5 Å². The molecule has 2 rings (SSSR count). The maximum atomic E-state index is 12.4. The first-order valence-corrected chi connectivity index (χ1v) is 9.85. The van der Waals surface area contributed by atoms with Crippen molar-refractivity contribution in [3.8, 4) is 0 Å². The van der Waals surface area contributed by atoms with Crippen LogP contribution < -0.4 is 0 Å². The van der Waals surface area contributed by atoms with Crippen LogP contribution in [-0.2, 0) is 19.7 Å². The predicted octanol–water partition coefficient (Wildman–Crippen LogP) is 1.81. The Morgan fingerprint density at radius 3 is 1.78 bits per heavy atom. The standard InChI is InChI=1S/C16H16O5S2/c17-13-16(23(20,21)15-9-5-2-6-10-15)11-12-22(18,19)14-7-3-1-4-8-14/h1-12,16-17H,13H2/b12-11+. The highest BCUT2D eigenvalue weighted by Crippen LogP contribution is 2.18. The van der Waals surface area contributed by atoms with Gasteiger partial charge in [-0.25, -0.2) is 16.8 Å². The second kappa shape index (κ2) is 7.08. The van der Waals surface area contributed by atoms with Crippen LogP contribution in [0.2, 0.25) is 0 Å². The quantitative estimate of drug-likeness (QED) is 0.856. The summed E-state index contributed by atoms with van der Waals surface area (Å²) >= 11 is 0. The van der Waals surface area contributed by atoms with E-state index < -0.39 is 31.5 Å². The molecule has 0 heterocycles. The highest BCUT2D eigenvalue weighted by molar-refractivity contribution is 7.94. The largest absolute Gasteiger partial charge is 0.395 e. The molecule has 1 unspecified atom stereocenters. The van der Waals surface area contributed by atoms with Gasteiger partial charge in [0.25, 0.3) is 0 Å². The minimum Gasteiger partial charge on any atom is -0.395 e. The number of benzene rings is 2. The van der Waals surface area contributed by atoms with Crippen molar-refractivity contribution in [2.75, 3.05) is 6.61 Å². The van der Waals surface area contributed by atoms with E-state index in [9.17, 15) is 21.9 Å². The van der Waals surface area contributed by atoms with E-state index in [0.717, 1.165) is 11.5 Å². The third-order valence-electron chi connectivity index (χ3n) is 3.19. The van der Waals surface area contributed by atoms with Crippen LogP contribution in [-0.4, -0.2) is 33.8 Å². The zero-order valence-electron chi connectivity index (χ0n) is 12.1. The van der Waals surface area contributed by atoms with E-state index in [1.807, 2.05) is 0 Å². The Bertz CT molecular complexity index is 871. The number of hydrogen-bond donors (Lipinski definition) is 1. The Kier molecular flexibility index (Phi) is 5.35. The third-order valence-corrected chi connectivity index (χ3v) is 6.67. The molecule has 0 radical (unpaired) electrons. The summed E-state index contributed by atoms with van der Waals surface area (Å²) in [6, 6.07) is 15.3. The highest BCUT2D eigenvalue weighted by Gasteiger charge is 2.25. The minimum absolute atomic E-state index is 0.0285. The Balaban J connectivity index is 2.33. The molecule has 122 valence electrons. The van der Waals surface area contributed by atoms with Crippen LogP contribution in [0, 0.1) is 0 Å². The van der Waals surface area contributed by atoms with Crippen molar-refractivity contribution in [1.82, 2.24) is 0 Å². The average molecular weight is 352 g/mol. The van der Waals surface area contributed by atoms with Gasteiger partial charge in [0.2, 0.25) is 0 Å². The lowest BCUT2D eigenvalue weighted by molar-refractivity contribution is 0.303. The fourth-order valence-corrected chi connectivity index (χ4v) is 4.48. The van der Waals surface area contributed by atoms with E-state index in [2.05, 4.69) is 0 Å². The molecule has 0 aliphatic rings. The Morgan fingerprint density at radius 1 is 0.826 bits per heavy atom. The smallest absolute Gasteiger partial charge is 0.199 e. The summed E-state index contributed by atoms with van der Waals surface area (Å²) in [5.41, 5.74) is 0. The zero-order chi connectivity index (χ0) is 16.9. The molecule has 2 aromatic rings. The van der Waals surface area contributed by atoms with Gasteiger partial charge in [0.1, 0.15) is 5.25 Å². The van der Waals surface area contributed by atoms with Gasteiger partial charge in [0.05, 0.1) is 16.4 Å². The molecular weight excluding hydrogens is 336 g/mol. The van der Waals surface area contributed by atoms with Gasteiger partial charge < -0.3 is 5.11 Å². The molecule has 7 heteroatoms. The van der Waals surface area contributed by atoms with E-state index >= 15 is 0 Å². The molecule has 0 bridgehead atoms. The molecule has 0 amide bonds. The summed E-state index contributed by atoms with van der Waals surface area (Å²) < 4.78 is 49.1. The monoisotopic (exact) mass is 352 g/mol. The van der Waals surface area contributed by atoms with E-state index in [1.165, 1.54) is 24.3 Å². The molecule has 0 saturated carbocycles. The van der Waals surface area contributed by atoms with Gasteiger partial charge in [-0.2, -0.15) is 0 Å². The van der Waals surface area contributed by atoms with E-state index in [4.69, 9.17) is 0 Å². The van der Waals surface area contributed by atoms with Crippen molar-refractivity contribution in [1.29, 1.82) is 0 Å². The van der Waals surface area contributed by atoms with Crippen LogP contribution in [0.4, 0.5) is 0 Å². The maximum absolute atomic E-state index is 12.4. The Morgan fingerprint density at radius 2 is 1.30 bits per heavy atom. The second-order valence-corrected chi connectivity index (χ2v) is 8.77. The first kappa shape index (κ1) is 17.4. The Labute approximate surface area is 135 Å². The van der Waals surface area contributed by atoms with Gasteiger partial charge in [0, 0.05) is 5.41 Å². The van der Waals surface area contributed by atoms with Crippen LogP contribution in [0.15, 0.2) is 81.9 Å². The van der Waals surface area contributed by atoms with Gasteiger partial charge in [-0.15, -0.1) is 0 Å². The van der Waals surface area contributed by atoms with Crippen molar-refractivity contribution in [3.05, 3.63) is 72.1 Å². The molecule has 0 aliphatic carbocycles. The Hall–Kier alpha value is -1.96. The molecule has 0 fully saturated rings. The fraction of sp³-hybridized carbons (Fsp3) is 0.125. The number of hydrogen-bond acceptors (Lipinski definition) is 5. The van der Waals surface area contributed by atoms with Crippen molar-refractivity contribution in [3.63, 3.8) is 0 Å². The van der Waals surface area contributed by atoms with Crippen LogP contribution in [0.1, 0.15) is 0 Å². The molecule has 5 nitrogen and oxygen atoms in total. The molecule has 0 spiro atoms. The van der Waals surface area contributed by atoms with Gasteiger partial charge in [0.15, 0.2) is 19.7 Å². The van der Waals surface area contributed by atoms with Crippen LogP contribution in [0.3, 0.4) is 0 Å². The maximum Gasteiger partial charge on any atom is 0.199 e. The molecule has 0 aromatic heterocycles. The zero-order valence-corrected chi connectivity index (χ0v) is 13.7. The summed E-state index contributed by atoms with van der Waals surface area (Å²) in [5, 5.41) is 8.86. The summed E-state index contributed by atoms with van der Waals surface area (Å²) in [6.45, 7) is -0.710. The van der Waals surface area contributed by atoms with Crippen LogP contribution in [0.25, 0.3) is 0 Å². The van der Waals surface area contributed by atoms with Crippen molar-refractivity contribution in [2.24, 2.45) is 0 Å². The van der Waals surface area contributed by atoms with Crippen molar-refractivity contribution in [2.45, 2.75) is 15.0 Å². The number of sulfone groups is 2. The lowest BCUT2D eigenvalue weighted by Gasteiger charge is -2.11. The molecule has 0 aliphatic heterocycles. The minimum atomic E-state index is -3.86. The predicted molar refractivity (Wildman–Crippen MR) is 87.3 cm³/mol. The fourth-order valence-electron chi connectivity index (χ4n) is 1.93. The van der Waals surface area contributed by atoms with E-state index in [-0.39, 0.29) is 9.79 Å². The molecule has 1 atom stereocenters. The summed E-state index contributed by atoms with van der Waals surface area (Å²) in [7, 11) is -7.62. The van der Waals surface area contributed by atoms with E-state index in [1.54, 1.807) is 36.4 Å². The molecule has 0 saturated heterocycles. The van der Waals surface area contributed by atoms with Crippen molar-refractivity contribution < 1.29 is 21.9 Å². The molecular formula is C16H16O5S2. The first-order chi connectivity index (χ1) is 10.9. The topological polar surface area (TPSA) is 88.5 Å². The number of rotatable bonds is 6.